The molecule has 0 aliphatic heterocycles. The lowest BCUT2D eigenvalue weighted by Gasteiger charge is -2.37. The fourth-order valence-corrected chi connectivity index (χ4v) is 4.34. The number of aliphatic carboxylic acids is 1. The molecule has 0 radical (unpaired) electrons. The summed E-state index contributed by atoms with van der Waals surface area (Å²) in [6.07, 6.45) is -1.31. The average molecular weight is 474 g/mol. The molecule has 2 aromatic carbocycles. The van der Waals surface area contributed by atoms with Gasteiger partial charge in [-0.05, 0) is 54.7 Å². The normalized spacial score (nSPS) is 15.9. The number of rotatable bonds is 9. The monoisotopic (exact) mass is 474 g/mol. The molecule has 0 aromatic heterocycles. The van der Waals surface area contributed by atoms with Crippen LogP contribution in [0.5, 0.6) is 5.75 Å². The van der Waals surface area contributed by atoms with Crippen LogP contribution in [0.15, 0.2) is 54.7 Å². The van der Waals surface area contributed by atoms with Gasteiger partial charge in [0.2, 0.25) is 0 Å². The van der Waals surface area contributed by atoms with Crippen LogP contribution in [0.2, 0.25) is 0 Å². The van der Waals surface area contributed by atoms with E-state index in [9.17, 15) is 23.1 Å². The number of benzene rings is 2. The predicted molar refractivity (Wildman–Crippen MR) is 119 cm³/mol. The first-order chi connectivity index (χ1) is 16.0. The van der Waals surface area contributed by atoms with Crippen molar-refractivity contribution in [2.24, 2.45) is 5.92 Å². The topological polar surface area (TPSA) is 103 Å². The number of halogens is 3. The smallest absolute Gasteiger partial charge is 0.417 e. The van der Waals surface area contributed by atoms with E-state index in [4.69, 9.17) is 15.1 Å². The Labute approximate surface area is 195 Å². The van der Waals surface area contributed by atoms with Crippen LogP contribution in [0, 0.1) is 17.2 Å². The number of nitriles is 1. The van der Waals surface area contributed by atoms with Gasteiger partial charge < -0.3 is 20.3 Å². The number of carboxylic acid groups (broad SMARTS) is 1. The first-order valence-corrected chi connectivity index (χ1v) is 10.8. The van der Waals surface area contributed by atoms with Crippen molar-refractivity contribution in [2.75, 3.05) is 11.9 Å². The van der Waals surface area contributed by atoms with E-state index in [1.165, 1.54) is 6.07 Å². The molecule has 0 spiro atoms. The van der Waals surface area contributed by atoms with E-state index in [-0.39, 0.29) is 23.7 Å². The minimum absolute atomic E-state index is 0.0614. The summed E-state index contributed by atoms with van der Waals surface area (Å²) < 4.78 is 45.3. The Morgan fingerprint density at radius 2 is 1.91 bits per heavy atom. The molecule has 3 N–H and O–H groups in total. The van der Waals surface area contributed by atoms with Crippen LogP contribution in [-0.4, -0.2) is 28.4 Å². The summed E-state index contributed by atoms with van der Waals surface area (Å²) >= 11 is 0. The highest BCUT2D eigenvalue weighted by Gasteiger charge is 2.41. The molecule has 1 aliphatic carbocycles. The molecule has 6 nitrogen and oxygen atoms in total. The zero-order chi connectivity index (χ0) is 24.9. The zero-order valence-electron chi connectivity index (χ0n) is 18.4. The highest BCUT2D eigenvalue weighted by atomic mass is 19.4. The number of aliphatic hydroxyl groups is 1. The van der Waals surface area contributed by atoms with E-state index in [0.29, 0.717) is 11.3 Å². The second-order valence-electron chi connectivity index (χ2n) is 8.39. The first-order valence-electron chi connectivity index (χ1n) is 10.8. The molecule has 34 heavy (non-hydrogen) atoms. The van der Waals surface area contributed by atoms with Crippen molar-refractivity contribution < 1.29 is 32.9 Å². The number of carbonyl (C=O) groups is 1. The number of hydrogen-bond acceptors (Lipinski definition) is 5. The molecule has 0 heterocycles. The van der Waals surface area contributed by atoms with Gasteiger partial charge in [0.05, 0.1) is 17.2 Å². The van der Waals surface area contributed by atoms with Crippen molar-refractivity contribution in [3.8, 4) is 11.8 Å². The summed E-state index contributed by atoms with van der Waals surface area (Å²) in [5.41, 5.74) is -2.17. The summed E-state index contributed by atoms with van der Waals surface area (Å²) in [6, 6.07) is 11.5. The number of hydrogen-bond donors (Lipinski definition) is 3. The molecule has 2 aromatic rings. The fourth-order valence-electron chi connectivity index (χ4n) is 4.34. The van der Waals surface area contributed by atoms with Crippen molar-refractivity contribution in [1.82, 2.24) is 0 Å². The third-order valence-corrected chi connectivity index (χ3v) is 6.03. The molecule has 1 atom stereocenters. The number of anilines is 1. The number of ether oxygens (including phenoxy) is 1. The third-order valence-electron chi connectivity index (χ3n) is 6.03. The van der Waals surface area contributed by atoms with E-state index in [1.807, 2.05) is 0 Å². The molecule has 1 fully saturated rings. The Balaban J connectivity index is 1.88. The van der Waals surface area contributed by atoms with Crippen LogP contribution in [0.1, 0.15) is 42.4 Å². The van der Waals surface area contributed by atoms with E-state index >= 15 is 0 Å². The molecule has 180 valence electrons. The minimum atomic E-state index is -4.71. The van der Waals surface area contributed by atoms with Crippen molar-refractivity contribution in [2.45, 2.75) is 43.9 Å². The Hall–Kier alpha value is -3.51. The van der Waals surface area contributed by atoms with Crippen molar-refractivity contribution in [1.29, 1.82) is 5.26 Å². The van der Waals surface area contributed by atoms with E-state index < -0.39 is 35.5 Å². The van der Waals surface area contributed by atoms with Gasteiger partial charge in [-0.1, -0.05) is 31.6 Å². The summed E-state index contributed by atoms with van der Waals surface area (Å²) in [5, 5.41) is 32.4. The molecule has 0 amide bonds. The van der Waals surface area contributed by atoms with Crippen molar-refractivity contribution in [3.05, 3.63) is 71.4 Å². The first kappa shape index (κ1) is 25.1. The van der Waals surface area contributed by atoms with Crippen LogP contribution in [-0.2, 0) is 17.4 Å². The van der Waals surface area contributed by atoms with Gasteiger partial charge in [0.15, 0.2) is 6.61 Å². The van der Waals surface area contributed by atoms with Crippen LogP contribution in [0.3, 0.4) is 0 Å². The summed E-state index contributed by atoms with van der Waals surface area (Å²) in [6.45, 7) is 3.45. The molecule has 0 bridgehead atoms. The van der Waals surface area contributed by atoms with Crippen LogP contribution in [0.25, 0.3) is 0 Å². The third kappa shape index (κ3) is 5.88. The van der Waals surface area contributed by atoms with Gasteiger partial charge in [-0.2, -0.15) is 18.4 Å². The summed E-state index contributed by atoms with van der Waals surface area (Å²) in [5.74, 6) is -0.961. The van der Waals surface area contributed by atoms with Gasteiger partial charge in [-0.15, -0.1) is 0 Å². The minimum Gasteiger partial charge on any atom is -0.482 e. The maximum absolute atomic E-state index is 13.4. The van der Waals surface area contributed by atoms with E-state index in [2.05, 4.69) is 11.9 Å². The Morgan fingerprint density at radius 1 is 1.21 bits per heavy atom. The predicted octanol–water partition coefficient (Wildman–Crippen LogP) is 5.13. The van der Waals surface area contributed by atoms with Crippen LogP contribution < -0.4 is 10.1 Å². The van der Waals surface area contributed by atoms with E-state index in [0.717, 1.165) is 37.8 Å². The lowest BCUT2D eigenvalue weighted by molar-refractivity contribution is -0.139. The van der Waals surface area contributed by atoms with Gasteiger partial charge in [-0.3, -0.25) is 0 Å². The SMILES string of the molecule is C=C(Nc1ccc(C#N)c(C(F)(F)F)c1)C(O)(Cc1cccc(OCC(=O)O)c1)C1CCCC1. The van der Waals surface area contributed by atoms with Gasteiger partial charge in [-0.25, -0.2) is 4.79 Å². The Bertz CT molecular complexity index is 1100. The van der Waals surface area contributed by atoms with Crippen molar-refractivity contribution in [3.63, 3.8) is 0 Å². The molecule has 9 heteroatoms. The Kier molecular flexibility index (Phi) is 7.52. The van der Waals surface area contributed by atoms with Gasteiger partial charge in [0.25, 0.3) is 0 Å². The maximum atomic E-state index is 13.4. The quantitative estimate of drug-likeness (QED) is 0.466. The number of nitrogens with one attached hydrogen (secondary N) is 1. The standard InChI is InChI=1S/C25H25F3N2O4/c1-16(30-20-10-9-18(14-29)22(12-20)25(26,27)28)24(33,19-6-2-3-7-19)13-17-5-4-8-21(11-17)34-15-23(31)32/h4-5,8-12,19,30,33H,1-3,6-7,13,15H2,(H,31,32). The highest BCUT2D eigenvalue weighted by molar-refractivity contribution is 5.68. The molecule has 1 saturated carbocycles. The number of carboxylic acids is 1. The largest absolute Gasteiger partial charge is 0.482 e. The van der Waals surface area contributed by atoms with Crippen LogP contribution in [0.4, 0.5) is 18.9 Å². The molecule has 1 unspecified atom stereocenters. The molecular weight excluding hydrogens is 449 g/mol. The second-order valence-corrected chi connectivity index (χ2v) is 8.39. The lowest BCUT2D eigenvalue weighted by Crippen LogP contribution is -2.43. The lowest BCUT2D eigenvalue weighted by atomic mass is 9.78. The maximum Gasteiger partial charge on any atom is 0.417 e. The zero-order valence-corrected chi connectivity index (χ0v) is 18.4. The highest BCUT2D eigenvalue weighted by Crippen LogP contribution is 2.41. The van der Waals surface area contributed by atoms with E-state index in [1.54, 1.807) is 30.3 Å². The van der Waals surface area contributed by atoms with Gasteiger partial charge in [0.1, 0.15) is 11.4 Å². The summed E-state index contributed by atoms with van der Waals surface area (Å²) in [7, 11) is 0. The van der Waals surface area contributed by atoms with Crippen LogP contribution >= 0.6 is 0 Å². The summed E-state index contributed by atoms with van der Waals surface area (Å²) in [4.78, 5) is 10.8. The van der Waals surface area contributed by atoms with Gasteiger partial charge >= 0.3 is 12.1 Å². The second kappa shape index (κ2) is 10.2. The molecule has 0 saturated heterocycles. The molecular formula is C25H25F3N2O4. The van der Waals surface area contributed by atoms with Gasteiger partial charge in [0, 0.05) is 17.8 Å². The number of alkyl halides is 3. The van der Waals surface area contributed by atoms with Crippen molar-refractivity contribution >= 4 is 11.7 Å². The fraction of sp³-hybridized carbons (Fsp3) is 0.360. The Morgan fingerprint density at radius 3 is 2.53 bits per heavy atom. The molecule has 1 aliphatic rings. The average Bonchev–Trinajstić information content (AvgIpc) is 3.33. The number of nitrogens with zero attached hydrogens (tertiary/aromatic N) is 1. The molecule has 3 rings (SSSR count).